The number of unbranched alkanes of at least 4 members (excludes halogenated alkanes) is 1. The third-order valence-electron chi connectivity index (χ3n) is 3.98. The van der Waals surface area contributed by atoms with Crippen molar-refractivity contribution in [3.05, 3.63) is 40.2 Å². The molecule has 1 aromatic heterocycles. The molecule has 0 fully saturated rings. The molecule has 0 radical (unpaired) electrons. The van der Waals surface area contributed by atoms with E-state index in [0.717, 1.165) is 18.4 Å². The normalized spacial score (nSPS) is 10.3. The van der Waals surface area contributed by atoms with E-state index in [9.17, 15) is 10.1 Å². The topological polar surface area (TPSA) is 111 Å². The summed E-state index contributed by atoms with van der Waals surface area (Å²) >= 11 is 0. The van der Waals surface area contributed by atoms with Crippen molar-refractivity contribution in [3.63, 3.8) is 0 Å². The lowest BCUT2D eigenvalue weighted by Crippen LogP contribution is -2.12. The first kappa shape index (κ1) is 20.2. The number of ether oxygens (including phenoxy) is 2. The first-order chi connectivity index (χ1) is 13.1. The maximum atomic E-state index is 11.5. The summed E-state index contributed by atoms with van der Waals surface area (Å²) in [5.74, 6) is 1.74. The average molecular weight is 375 g/mol. The van der Waals surface area contributed by atoms with E-state index in [1.807, 2.05) is 18.2 Å². The van der Waals surface area contributed by atoms with Crippen LogP contribution in [0.4, 0.5) is 17.3 Å². The summed E-state index contributed by atoms with van der Waals surface area (Å²) in [5.41, 5.74) is 0.874. The lowest BCUT2D eigenvalue weighted by molar-refractivity contribution is -0.383. The Morgan fingerprint density at radius 1 is 1.07 bits per heavy atom. The Kier molecular flexibility index (Phi) is 7.60. The van der Waals surface area contributed by atoms with E-state index in [1.165, 1.54) is 6.33 Å². The molecular formula is C18H25N5O4. The van der Waals surface area contributed by atoms with Gasteiger partial charge in [-0.1, -0.05) is 19.4 Å². The molecule has 2 N–H and O–H groups in total. The molecule has 27 heavy (non-hydrogen) atoms. The maximum Gasteiger partial charge on any atom is 0.353 e. The standard InChI is InChI=1S/C18H25N5O4/c1-4-5-9-19-17-16(23(24)25)18(22-12-21-17)20-10-8-13-6-7-14(26-2)15(11-13)27-3/h6-7,11-12H,4-5,8-10H2,1-3H3,(H2,19,20,21,22). The Morgan fingerprint density at radius 2 is 1.74 bits per heavy atom. The van der Waals surface area contributed by atoms with Gasteiger partial charge in [-0.2, -0.15) is 0 Å². The molecule has 0 bridgehead atoms. The lowest BCUT2D eigenvalue weighted by Gasteiger charge is -2.11. The predicted molar refractivity (Wildman–Crippen MR) is 104 cm³/mol. The first-order valence-electron chi connectivity index (χ1n) is 8.78. The van der Waals surface area contributed by atoms with Crippen molar-refractivity contribution in [1.82, 2.24) is 9.97 Å². The molecule has 0 atom stereocenters. The zero-order valence-corrected chi connectivity index (χ0v) is 15.8. The SMILES string of the molecule is CCCCNc1ncnc(NCCc2ccc(OC)c(OC)c2)c1[N+](=O)[O-]. The number of methoxy groups -OCH3 is 2. The van der Waals surface area contributed by atoms with Gasteiger partial charge in [0.1, 0.15) is 6.33 Å². The Balaban J connectivity index is 2.07. The van der Waals surface area contributed by atoms with Crippen LogP contribution >= 0.6 is 0 Å². The number of anilines is 2. The molecular weight excluding hydrogens is 350 g/mol. The molecule has 2 rings (SSSR count). The first-order valence-corrected chi connectivity index (χ1v) is 8.78. The van der Waals surface area contributed by atoms with Crippen LogP contribution in [-0.2, 0) is 6.42 Å². The van der Waals surface area contributed by atoms with E-state index in [2.05, 4.69) is 27.5 Å². The molecule has 9 nitrogen and oxygen atoms in total. The molecule has 0 spiro atoms. The van der Waals surface area contributed by atoms with E-state index in [-0.39, 0.29) is 17.3 Å². The number of nitrogens with zero attached hydrogens (tertiary/aromatic N) is 3. The molecule has 0 aliphatic heterocycles. The molecule has 9 heteroatoms. The number of hydrogen-bond donors (Lipinski definition) is 2. The third kappa shape index (κ3) is 5.44. The Hall–Kier alpha value is -3.10. The van der Waals surface area contributed by atoms with Gasteiger partial charge in [-0.05, 0) is 30.5 Å². The van der Waals surface area contributed by atoms with Gasteiger partial charge >= 0.3 is 5.69 Å². The summed E-state index contributed by atoms with van der Waals surface area (Å²) in [4.78, 5) is 19.1. The van der Waals surface area contributed by atoms with E-state index < -0.39 is 4.92 Å². The van der Waals surface area contributed by atoms with Crippen molar-refractivity contribution in [2.24, 2.45) is 0 Å². The highest BCUT2D eigenvalue weighted by Gasteiger charge is 2.22. The molecule has 0 amide bonds. The van der Waals surface area contributed by atoms with E-state index in [1.54, 1.807) is 14.2 Å². The van der Waals surface area contributed by atoms with E-state index >= 15 is 0 Å². The van der Waals surface area contributed by atoms with Gasteiger partial charge in [-0.15, -0.1) is 0 Å². The fraction of sp³-hybridized carbons (Fsp3) is 0.444. The summed E-state index contributed by atoms with van der Waals surface area (Å²) in [6, 6.07) is 5.64. The van der Waals surface area contributed by atoms with Gasteiger partial charge in [0.15, 0.2) is 11.5 Å². The van der Waals surface area contributed by atoms with Crippen LogP contribution in [0.25, 0.3) is 0 Å². The van der Waals surface area contributed by atoms with Crippen LogP contribution in [0.3, 0.4) is 0 Å². The molecule has 1 heterocycles. The fourth-order valence-electron chi connectivity index (χ4n) is 2.56. The molecule has 0 aliphatic rings. The van der Waals surface area contributed by atoms with Crippen LogP contribution < -0.4 is 20.1 Å². The molecule has 0 saturated carbocycles. The van der Waals surface area contributed by atoms with Crippen molar-refractivity contribution in [1.29, 1.82) is 0 Å². The van der Waals surface area contributed by atoms with Crippen molar-refractivity contribution in [3.8, 4) is 11.5 Å². The molecule has 2 aromatic rings. The minimum atomic E-state index is -0.465. The Morgan fingerprint density at radius 3 is 2.33 bits per heavy atom. The van der Waals surface area contributed by atoms with Crippen LogP contribution in [0.1, 0.15) is 25.3 Å². The fourth-order valence-corrected chi connectivity index (χ4v) is 2.56. The highest BCUT2D eigenvalue weighted by Crippen LogP contribution is 2.30. The summed E-state index contributed by atoms with van der Waals surface area (Å²) in [6.07, 6.45) is 3.85. The number of hydrogen-bond acceptors (Lipinski definition) is 8. The van der Waals surface area contributed by atoms with Crippen molar-refractivity contribution in [2.75, 3.05) is 37.9 Å². The molecule has 0 saturated heterocycles. The molecule has 0 unspecified atom stereocenters. The van der Waals surface area contributed by atoms with Gasteiger partial charge < -0.3 is 20.1 Å². The van der Waals surface area contributed by atoms with Crippen LogP contribution in [0.5, 0.6) is 11.5 Å². The summed E-state index contributed by atoms with van der Waals surface area (Å²) in [6.45, 7) is 3.15. The van der Waals surface area contributed by atoms with Gasteiger partial charge in [-0.25, -0.2) is 9.97 Å². The lowest BCUT2D eigenvalue weighted by atomic mass is 10.1. The quantitative estimate of drug-likeness (QED) is 0.350. The largest absolute Gasteiger partial charge is 0.493 e. The number of benzene rings is 1. The number of nitrogens with one attached hydrogen (secondary N) is 2. The van der Waals surface area contributed by atoms with Gasteiger partial charge in [0.25, 0.3) is 0 Å². The zero-order chi connectivity index (χ0) is 19.6. The van der Waals surface area contributed by atoms with Gasteiger partial charge in [0.05, 0.1) is 19.1 Å². The van der Waals surface area contributed by atoms with Gasteiger partial charge in [-0.3, -0.25) is 10.1 Å². The van der Waals surface area contributed by atoms with E-state index in [0.29, 0.717) is 31.0 Å². The van der Waals surface area contributed by atoms with Gasteiger partial charge in [0.2, 0.25) is 11.6 Å². The van der Waals surface area contributed by atoms with Crippen LogP contribution in [-0.4, -0.2) is 42.2 Å². The third-order valence-corrected chi connectivity index (χ3v) is 3.98. The van der Waals surface area contributed by atoms with Crippen LogP contribution in [0.15, 0.2) is 24.5 Å². The smallest absolute Gasteiger partial charge is 0.353 e. The van der Waals surface area contributed by atoms with Gasteiger partial charge in [0, 0.05) is 13.1 Å². The second kappa shape index (κ2) is 10.1. The monoisotopic (exact) mass is 375 g/mol. The van der Waals surface area contributed by atoms with Crippen molar-refractivity contribution >= 4 is 17.3 Å². The number of aromatic nitrogens is 2. The maximum absolute atomic E-state index is 11.5. The average Bonchev–Trinajstić information content (AvgIpc) is 2.68. The number of rotatable bonds is 11. The molecule has 146 valence electrons. The summed E-state index contributed by atoms with van der Waals surface area (Å²) < 4.78 is 10.5. The minimum absolute atomic E-state index is 0.138. The zero-order valence-electron chi connectivity index (χ0n) is 15.8. The molecule has 1 aromatic carbocycles. The minimum Gasteiger partial charge on any atom is -0.493 e. The second-order valence-corrected chi connectivity index (χ2v) is 5.82. The second-order valence-electron chi connectivity index (χ2n) is 5.82. The van der Waals surface area contributed by atoms with Crippen molar-refractivity contribution in [2.45, 2.75) is 26.2 Å². The van der Waals surface area contributed by atoms with Crippen molar-refractivity contribution < 1.29 is 14.4 Å². The van der Waals surface area contributed by atoms with Crippen LogP contribution in [0, 0.1) is 10.1 Å². The van der Waals surface area contributed by atoms with Crippen LogP contribution in [0.2, 0.25) is 0 Å². The Labute approximate surface area is 158 Å². The van der Waals surface area contributed by atoms with E-state index in [4.69, 9.17) is 9.47 Å². The predicted octanol–water partition coefficient (Wildman–Crippen LogP) is 3.27. The summed E-state index contributed by atoms with van der Waals surface area (Å²) in [5, 5.41) is 17.5. The number of nitro groups is 1. The highest BCUT2D eigenvalue weighted by molar-refractivity contribution is 5.69. The Bertz CT molecular complexity index is 769. The summed E-state index contributed by atoms with van der Waals surface area (Å²) in [7, 11) is 3.16. The highest BCUT2D eigenvalue weighted by atomic mass is 16.6. The molecule has 0 aliphatic carbocycles.